The van der Waals surface area contributed by atoms with E-state index in [-0.39, 0.29) is 30.3 Å². The molecule has 1 saturated heterocycles. The zero-order chi connectivity index (χ0) is 17.8. The van der Waals surface area contributed by atoms with Crippen molar-refractivity contribution in [3.05, 3.63) is 64.7 Å². The van der Waals surface area contributed by atoms with Crippen molar-refractivity contribution in [3.8, 4) is 0 Å². The van der Waals surface area contributed by atoms with Gasteiger partial charge in [-0.1, -0.05) is 23.7 Å². The van der Waals surface area contributed by atoms with Crippen molar-refractivity contribution in [3.63, 3.8) is 0 Å². The highest BCUT2D eigenvalue weighted by molar-refractivity contribution is 6.30. The van der Waals surface area contributed by atoms with E-state index in [2.05, 4.69) is 5.32 Å². The van der Waals surface area contributed by atoms with Crippen LogP contribution in [0.5, 0.6) is 0 Å². The van der Waals surface area contributed by atoms with Gasteiger partial charge in [-0.15, -0.1) is 12.4 Å². The lowest BCUT2D eigenvalue weighted by atomic mass is 10.0. The summed E-state index contributed by atoms with van der Waals surface area (Å²) in [7, 11) is 0. The quantitative estimate of drug-likeness (QED) is 0.836. The van der Waals surface area contributed by atoms with E-state index in [0.717, 1.165) is 12.8 Å². The van der Waals surface area contributed by atoms with E-state index in [4.69, 9.17) is 17.3 Å². The van der Waals surface area contributed by atoms with E-state index in [1.54, 1.807) is 53.4 Å². The van der Waals surface area contributed by atoms with Gasteiger partial charge in [0.25, 0.3) is 11.8 Å². The van der Waals surface area contributed by atoms with Crippen molar-refractivity contribution in [2.75, 3.05) is 18.4 Å². The van der Waals surface area contributed by atoms with Gasteiger partial charge in [-0.2, -0.15) is 0 Å². The minimum atomic E-state index is -0.285. The Morgan fingerprint density at radius 1 is 1.12 bits per heavy atom. The molecule has 26 heavy (non-hydrogen) atoms. The number of rotatable bonds is 3. The summed E-state index contributed by atoms with van der Waals surface area (Å²) in [6, 6.07) is 13.6. The first-order chi connectivity index (χ1) is 12.0. The van der Waals surface area contributed by atoms with Crippen LogP contribution >= 0.6 is 24.0 Å². The van der Waals surface area contributed by atoms with Gasteiger partial charge in [-0.25, -0.2) is 0 Å². The van der Waals surface area contributed by atoms with Gasteiger partial charge in [0.1, 0.15) is 0 Å². The molecule has 2 aromatic rings. The summed E-state index contributed by atoms with van der Waals surface area (Å²) in [6.07, 6.45) is 1.82. The Kier molecular flexibility index (Phi) is 7.03. The molecule has 1 fully saturated rings. The van der Waals surface area contributed by atoms with Crippen molar-refractivity contribution in [2.24, 2.45) is 5.73 Å². The van der Waals surface area contributed by atoms with Gasteiger partial charge < -0.3 is 16.0 Å². The Morgan fingerprint density at radius 2 is 1.81 bits per heavy atom. The molecule has 1 aliphatic rings. The SMILES string of the molecule is Cl.NC1CCCN(C(=O)c2ccccc2NC(=O)c2ccc(Cl)cc2)C1. The molecule has 1 aliphatic heterocycles. The fourth-order valence-corrected chi connectivity index (χ4v) is 3.07. The highest BCUT2D eigenvalue weighted by atomic mass is 35.5. The summed E-state index contributed by atoms with van der Waals surface area (Å²) < 4.78 is 0. The number of para-hydroxylation sites is 1. The zero-order valence-corrected chi connectivity index (χ0v) is 15.7. The van der Waals surface area contributed by atoms with Crippen LogP contribution in [0.25, 0.3) is 0 Å². The van der Waals surface area contributed by atoms with Crippen LogP contribution in [0.4, 0.5) is 5.69 Å². The average molecular weight is 394 g/mol. The first-order valence-corrected chi connectivity index (χ1v) is 8.63. The third-order valence-electron chi connectivity index (χ3n) is 4.26. The van der Waals surface area contributed by atoms with Crippen molar-refractivity contribution >= 4 is 41.5 Å². The molecule has 7 heteroatoms. The lowest BCUT2D eigenvalue weighted by Crippen LogP contribution is -2.45. The van der Waals surface area contributed by atoms with Gasteiger partial charge in [0.05, 0.1) is 11.3 Å². The van der Waals surface area contributed by atoms with Crippen LogP contribution < -0.4 is 11.1 Å². The number of hydrogen-bond donors (Lipinski definition) is 2. The minimum Gasteiger partial charge on any atom is -0.337 e. The van der Waals surface area contributed by atoms with Crippen molar-refractivity contribution < 1.29 is 9.59 Å². The summed E-state index contributed by atoms with van der Waals surface area (Å²) in [5, 5.41) is 3.38. The van der Waals surface area contributed by atoms with Crippen LogP contribution in [0, 0.1) is 0 Å². The molecule has 2 aromatic carbocycles. The Bertz CT molecular complexity index is 781. The van der Waals surface area contributed by atoms with E-state index in [0.29, 0.717) is 34.9 Å². The van der Waals surface area contributed by atoms with Gasteiger partial charge in [0, 0.05) is 29.7 Å². The number of nitrogens with zero attached hydrogens (tertiary/aromatic N) is 1. The summed E-state index contributed by atoms with van der Waals surface area (Å²) >= 11 is 5.85. The third kappa shape index (κ3) is 4.75. The van der Waals surface area contributed by atoms with Gasteiger partial charge in [0.15, 0.2) is 0 Å². The number of benzene rings is 2. The molecule has 2 amide bonds. The van der Waals surface area contributed by atoms with E-state index >= 15 is 0 Å². The number of halogens is 2. The van der Waals surface area contributed by atoms with Crippen LogP contribution in [0.3, 0.4) is 0 Å². The summed E-state index contributed by atoms with van der Waals surface area (Å²) in [5.74, 6) is -0.394. The number of amides is 2. The second-order valence-electron chi connectivity index (χ2n) is 6.16. The molecular weight excluding hydrogens is 373 g/mol. The standard InChI is InChI=1S/C19H20ClN3O2.ClH/c20-14-9-7-13(8-10-14)18(24)22-17-6-2-1-5-16(17)19(25)23-11-3-4-15(21)12-23;/h1-2,5-10,15H,3-4,11-12,21H2,(H,22,24);1H. The first-order valence-electron chi connectivity index (χ1n) is 8.25. The van der Waals surface area contributed by atoms with Crippen LogP contribution in [0.1, 0.15) is 33.6 Å². The molecule has 0 radical (unpaired) electrons. The Labute approximate surface area is 163 Å². The van der Waals surface area contributed by atoms with Gasteiger partial charge in [-0.3, -0.25) is 9.59 Å². The maximum Gasteiger partial charge on any atom is 0.256 e. The molecule has 0 bridgehead atoms. The summed E-state index contributed by atoms with van der Waals surface area (Å²) in [4.78, 5) is 27.0. The average Bonchev–Trinajstić information content (AvgIpc) is 2.62. The molecule has 1 unspecified atom stereocenters. The number of nitrogens with two attached hydrogens (primary N) is 1. The zero-order valence-electron chi connectivity index (χ0n) is 14.2. The molecule has 0 aromatic heterocycles. The predicted molar refractivity (Wildman–Crippen MR) is 106 cm³/mol. The molecule has 5 nitrogen and oxygen atoms in total. The number of piperidine rings is 1. The van der Waals surface area contributed by atoms with E-state index in [1.165, 1.54) is 0 Å². The van der Waals surface area contributed by atoms with E-state index in [9.17, 15) is 9.59 Å². The third-order valence-corrected chi connectivity index (χ3v) is 4.51. The number of carbonyl (C=O) groups excluding carboxylic acids is 2. The van der Waals surface area contributed by atoms with Gasteiger partial charge in [-0.05, 0) is 49.2 Å². The lowest BCUT2D eigenvalue weighted by Gasteiger charge is -2.31. The molecule has 3 rings (SSSR count). The van der Waals surface area contributed by atoms with Crippen LogP contribution in [-0.4, -0.2) is 35.8 Å². The number of nitrogens with one attached hydrogen (secondary N) is 1. The maximum absolute atomic E-state index is 12.8. The molecule has 1 atom stereocenters. The number of likely N-dealkylation sites (tertiary alicyclic amines) is 1. The first kappa shape index (κ1) is 20.2. The fourth-order valence-electron chi connectivity index (χ4n) is 2.94. The van der Waals surface area contributed by atoms with Crippen molar-refractivity contribution in [1.82, 2.24) is 4.90 Å². The Hall–Kier alpha value is -2.08. The summed E-state index contributed by atoms with van der Waals surface area (Å²) in [5.41, 5.74) is 7.42. The van der Waals surface area contributed by atoms with E-state index < -0.39 is 0 Å². The molecule has 1 heterocycles. The second-order valence-corrected chi connectivity index (χ2v) is 6.60. The normalized spacial score (nSPS) is 16.5. The van der Waals surface area contributed by atoms with Gasteiger partial charge in [0.2, 0.25) is 0 Å². The van der Waals surface area contributed by atoms with Crippen LogP contribution in [-0.2, 0) is 0 Å². The van der Waals surface area contributed by atoms with E-state index in [1.807, 2.05) is 0 Å². The fraction of sp³-hybridized carbons (Fsp3) is 0.263. The highest BCUT2D eigenvalue weighted by Crippen LogP contribution is 2.21. The molecule has 0 spiro atoms. The molecular formula is C19H21Cl2N3O2. The molecule has 138 valence electrons. The largest absolute Gasteiger partial charge is 0.337 e. The van der Waals surface area contributed by atoms with Crippen molar-refractivity contribution in [1.29, 1.82) is 0 Å². The highest BCUT2D eigenvalue weighted by Gasteiger charge is 2.24. The Balaban J connectivity index is 0.00000243. The smallest absolute Gasteiger partial charge is 0.256 e. The van der Waals surface area contributed by atoms with Gasteiger partial charge >= 0.3 is 0 Å². The van der Waals surface area contributed by atoms with Crippen LogP contribution in [0.2, 0.25) is 5.02 Å². The monoisotopic (exact) mass is 393 g/mol. The predicted octanol–water partition coefficient (Wildman–Crippen LogP) is 3.58. The summed E-state index contributed by atoms with van der Waals surface area (Å²) in [6.45, 7) is 1.23. The molecule has 3 N–H and O–H groups in total. The minimum absolute atomic E-state index is 0. The number of carbonyl (C=O) groups is 2. The number of hydrogen-bond acceptors (Lipinski definition) is 3. The lowest BCUT2D eigenvalue weighted by molar-refractivity contribution is 0.0710. The van der Waals surface area contributed by atoms with Crippen LogP contribution in [0.15, 0.2) is 48.5 Å². The topological polar surface area (TPSA) is 75.4 Å². The maximum atomic E-state index is 12.8. The Morgan fingerprint density at radius 3 is 2.50 bits per heavy atom. The van der Waals surface area contributed by atoms with Crippen molar-refractivity contribution in [2.45, 2.75) is 18.9 Å². The molecule has 0 saturated carbocycles. The molecule has 0 aliphatic carbocycles. The number of anilines is 1. The second kappa shape index (κ2) is 9.03.